The van der Waals surface area contributed by atoms with Gasteiger partial charge in [-0.05, 0) is 59.6 Å². The molecule has 1 spiro atoms. The molecule has 8 heteroatoms. The first kappa shape index (κ1) is 25.5. The smallest absolute Gasteiger partial charge is 0.395 e. The molecule has 0 saturated carbocycles. The number of likely N-dealkylation sites (tertiary alicyclic amines) is 2. The van der Waals surface area contributed by atoms with Crippen LogP contribution in [-0.2, 0) is 12.6 Å². The van der Waals surface area contributed by atoms with Crippen LogP contribution in [0.2, 0.25) is 0 Å². The quantitative estimate of drug-likeness (QED) is 0.639. The third-order valence-electron chi connectivity index (χ3n) is 7.39. The fraction of sp³-hybridized carbons (Fsp3) is 0.519. The van der Waals surface area contributed by atoms with E-state index in [0.717, 1.165) is 80.9 Å². The lowest BCUT2D eigenvalue weighted by Gasteiger charge is -2.54. The summed E-state index contributed by atoms with van der Waals surface area (Å²) in [5, 5.41) is 9.10. The molecular weight excluding hydrogens is 455 g/mol. The average Bonchev–Trinajstić information content (AvgIpc) is 3.27. The van der Waals surface area contributed by atoms with Crippen molar-refractivity contribution < 1.29 is 23.1 Å². The summed E-state index contributed by atoms with van der Waals surface area (Å²) in [7, 11) is 0. The number of halogens is 3. The highest BCUT2D eigenvalue weighted by molar-refractivity contribution is 5.95. The molecule has 2 amide bonds. The second-order valence-electron chi connectivity index (χ2n) is 9.52. The molecule has 3 aliphatic rings. The zero-order valence-electron chi connectivity index (χ0n) is 20.4. The Balaban J connectivity index is 0.00000141. The van der Waals surface area contributed by atoms with Crippen molar-refractivity contribution in [3.05, 3.63) is 53.6 Å². The molecule has 0 bridgehead atoms. The first-order valence-corrected chi connectivity index (χ1v) is 12.5. The van der Waals surface area contributed by atoms with Gasteiger partial charge in [0.25, 0.3) is 0 Å². The standard InChI is InChI=1S/C25H28F3N3O2.C2H6/c26-25(27,28)21-5-3-18(4-6-21)20-2-1-19-7-10-31(22(19)15-20)23(33)30-11-8-24(9-12-30)16-29(17-24)13-14-32;1-2/h1-6,15,32H,7-14,16-17H2;1-2H3. The Bertz CT molecular complexity index is 1020. The van der Waals surface area contributed by atoms with E-state index in [-0.39, 0.29) is 18.1 Å². The number of hydrogen-bond acceptors (Lipinski definition) is 3. The Morgan fingerprint density at radius 2 is 1.60 bits per heavy atom. The Morgan fingerprint density at radius 3 is 2.20 bits per heavy atom. The van der Waals surface area contributed by atoms with Crippen LogP contribution in [0.4, 0.5) is 23.7 Å². The molecule has 0 aromatic heterocycles. The number of rotatable bonds is 3. The fourth-order valence-corrected chi connectivity index (χ4v) is 5.47. The van der Waals surface area contributed by atoms with Crippen LogP contribution < -0.4 is 4.90 Å². The summed E-state index contributed by atoms with van der Waals surface area (Å²) in [5.74, 6) is 0. The third-order valence-corrected chi connectivity index (χ3v) is 7.39. The van der Waals surface area contributed by atoms with Crippen molar-refractivity contribution in [1.82, 2.24) is 9.80 Å². The minimum Gasteiger partial charge on any atom is -0.395 e. The summed E-state index contributed by atoms with van der Waals surface area (Å²) in [5.41, 5.74) is 3.06. The Labute approximate surface area is 205 Å². The third kappa shape index (κ3) is 5.19. The van der Waals surface area contributed by atoms with Crippen LogP contribution in [0.15, 0.2) is 42.5 Å². The topological polar surface area (TPSA) is 47.0 Å². The molecule has 5 nitrogen and oxygen atoms in total. The molecule has 3 heterocycles. The average molecular weight is 490 g/mol. The first-order valence-electron chi connectivity index (χ1n) is 12.5. The van der Waals surface area contributed by atoms with Crippen molar-refractivity contribution in [3.8, 4) is 11.1 Å². The second kappa shape index (κ2) is 10.2. The number of piperidine rings is 1. The summed E-state index contributed by atoms with van der Waals surface area (Å²) in [6.45, 7) is 8.99. The van der Waals surface area contributed by atoms with Gasteiger partial charge < -0.3 is 10.0 Å². The zero-order chi connectivity index (χ0) is 25.2. The largest absolute Gasteiger partial charge is 0.416 e. The van der Waals surface area contributed by atoms with Crippen molar-refractivity contribution >= 4 is 11.7 Å². The molecular formula is C27H34F3N3O2. The lowest BCUT2D eigenvalue weighted by molar-refractivity contribution is -0.137. The highest BCUT2D eigenvalue weighted by Crippen LogP contribution is 2.41. The minimum atomic E-state index is -4.36. The van der Waals surface area contributed by atoms with E-state index in [4.69, 9.17) is 5.11 Å². The van der Waals surface area contributed by atoms with Gasteiger partial charge >= 0.3 is 12.2 Å². The second-order valence-corrected chi connectivity index (χ2v) is 9.52. The van der Waals surface area contributed by atoms with Gasteiger partial charge in [0, 0.05) is 45.0 Å². The van der Waals surface area contributed by atoms with E-state index in [1.807, 2.05) is 41.8 Å². The molecule has 2 aromatic rings. The number of amides is 2. The number of urea groups is 1. The summed E-state index contributed by atoms with van der Waals surface area (Å²) in [6, 6.07) is 11.0. The van der Waals surface area contributed by atoms with Crippen LogP contribution in [-0.4, -0.2) is 66.8 Å². The van der Waals surface area contributed by atoms with E-state index in [0.29, 0.717) is 12.1 Å². The van der Waals surface area contributed by atoms with E-state index >= 15 is 0 Å². The molecule has 0 atom stereocenters. The van der Waals surface area contributed by atoms with E-state index in [9.17, 15) is 18.0 Å². The molecule has 35 heavy (non-hydrogen) atoms. The molecule has 190 valence electrons. The molecule has 0 unspecified atom stereocenters. The lowest BCUT2D eigenvalue weighted by atomic mass is 9.72. The number of carbonyl (C=O) groups is 1. The molecule has 0 aliphatic carbocycles. The van der Waals surface area contributed by atoms with Crippen LogP contribution in [0, 0.1) is 5.41 Å². The van der Waals surface area contributed by atoms with Crippen molar-refractivity contribution in [2.45, 2.75) is 39.3 Å². The van der Waals surface area contributed by atoms with Crippen molar-refractivity contribution in [1.29, 1.82) is 0 Å². The van der Waals surface area contributed by atoms with Crippen molar-refractivity contribution in [3.63, 3.8) is 0 Å². The molecule has 5 rings (SSSR count). The van der Waals surface area contributed by atoms with Gasteiger partial charge in [0.1, 0.15) is 0 Å². The van der Waals surface area contributed by atoms with Crippen LogP contribution in [0.5, 0.6) is 0 Å². The first-order chi connectivity index (χ1) is 16.8. The molecule has 3 aliphatic heterocycles. The monoisotopic (exact) mass is 489 g/mol. The summed E-state index contributed by atoms with van der Waals surface area (Å²) in [4.78, 5) is 19.3. The van der Waals surface area contributed by atoms with Crippen molar-refractivity contribution in [2.24, 2.45) is 5.41 Å². The van der Waals surface area contributed by atoms with Gasteiger partial charge in [0.05, 0.1) is 12.2 Å². The highest BCUT2D eigenvalue weighted by atomic mass is 19.4. The normalized spacial score (nSPS) is 19.1. The molecule has 2 fully saturated rings. The maximum atomic E-state index is 13.3. The number of nitrogens with zero attached hydrogens (tertiary/aromatic N) is 3. The number of anilines is 1. The maximum absolute atomic E-state index is 13.3. The molecule has 2 saturated heterocycles. The predicted molar refractivity (Wildman–Crippen MR) is 131 cm³/mol. The van der Waals surface area contributed by atoms with Crippen LogP contribution in [0.3, 0.4) is 0 Å². The summed E-state index contributed by atoms with van der Waals surface area (Å²) >= 11 is 0. The van der Waals surface area contributed by atoms with Crippen molar-refractivity contribution in [2.75, 3.05) is 50.8 Å². The van der Waals surface area contributed by atoms with Crippen LogP contribution in [0.25, 0.3) is 11.1 Å². The number of benzene rings is 2. The number of hydrogen-bond donors (Lipinski definition) is 1. The van der Waals surface area contributed by atoms with Gasteiger partial charge in [-0.3, -0.25) is 9.80 Å². The van der Waals surface area contributed by atoms with E-state index in [2.05, 4.69) is 4.90 Å². The Morgan fingerprint density at radius 1 is 0.971 bits per heavy atom. The highest BCUT2D eigenvalue weighted by Gasteiger charge is 2.45. The minimum absolute atomic E-state index is 0.0136. The number of aliphatic hydroxyl groups is 1. The van der Waals surface area contributed by atoms with Gasteiger partial charge in [-0.1, -0.05) is 38.1 Å². The number of β-amino-alcohol motifs (C(OH)–C–C–N with tert-alkyl or cyclic N) is 1. The molecule has 1 N–H and O–H groups in total. The number of aliphatic hydroxyl groups excluding tert-OH is 1. The van der Waals surface area contributed by atoms with Gasteiger partial charge in [-0.2, -0.15) is 13.2 Å². The maximum Gasteiger partial charge on any atom is 0.416 e. The summed E-state index contributed by atoms with van der Waals surface area (Å²) < 4.78 is 38.7. The number of carbonyl (C=O) groups excluding carboxylic acids is 1. The van der Waals surface area contributed by atoms with Gasteiger partial charge in [0.15, 0.2) is 0 Å². The van der Waals surface area contributed by atoms with E-state index in [1.54, 1.807) is 0 Å². The van der Waals surface area contributed by atoms with Gasteiger partial charge in [-0.25, -0.2) is 4.79 Å². The molecule has 0 radical (unpaired) electrons. The van der Waals surface area contributed by atoms with Gasteiger partial charge in [-0.15, -0.1) is 0 Å². The number of alkyl halides is 3. The summed E-state index contributed by atoms with van der Waals surface area (Å²) in [6.07, 6.45) is -1.62. The van der Waals surface area contributed by atoms with Crippen LogP contribution >= 0.6 is 0 Å². The van der Waals surface area contributed by atoms with Crippen LogP contribution in [0.1, 0.15) is 37.8 Å². The van der Waals surface area contributed by atoms with Gasteiger partial charge in [0.2, 0.25) is 0 Å². The fourth-order valence-electron chi connectivity index (χ4n) is 5.47. The Kier molecular flexibility index (Phi) is 7.43. The Hall–Kier alpha value is -2.58. The number of fused-ring (bicyclic) bond motifs is 1. The van der Waals surface area contributed by atoms with E-state index in [1.165, 1.54) is 12.1 Å². The zero-order valence-corrected chi connectivity index (χ0v) is 20.4. The molecule has 2 aromatic carbocycles. The predicted octanol–water partition coefficient (Wildman–Crippen LogP) is 5.27. The van der Waals surface area contributed by atoms with E-state index < -0.39 is 11.7 Å². The SMILES string of the molecule is CC.O=C(N1CCC2(CC1)CN(CCO)C2)N1CCc2ccc(-c3ccc(C(F)(F)F)cc3)cc21. The lowest BCUT2D eigenvalue weighted by Crippen LogP contribution is -2.61.